The van der Waals surface area contributed by atoms with Gasteiger partial charge in [-0.15, -0.1) is 0 Å². The number of Topliss-reactive ketones (excluding diaryl/α,β-unsaturated/α-hetero) is 1. The number of phenols is 1. The molecule has 0 saturated heterocycles. The molecule has 0 amide bonds. The van der Waals surface area contributed by atoms with Crippen LogP contribution in [0.3, 0.4) is 0 Å². The molecule has 150 valence electrons. The van der Waals surface area contributed by atoms with Crippen LogP contribution in [0.2, 0.25) is 0 Å². The molecule has 0 unspecified atom stereocenters. The Morgan fingerprint density at radius 2 is 2.00 bits per heavy atom. The number of ether oxygens (including phenoxy) is 3. The van der Waals surface area contributed by atoms with Gasteiger partial charge in [-0.3, -0.25) is 9.59 Å². The Labute approximate surface area is 171 Å². The molecular formula is C23H16O7. The van der Waals surface area contributed by atoms with Crippen molar-refractivity contribution in [2.45, 2.75) is 12.3 Å². The lowest BCUT2D eigenvalue weighted by Gasteiger charge is -2.26. The summed E-state index contributed by atoms with van der Waals surface area (Å²) < 4.78 is 21.7. The van der Waals surface area contributed by atoms with Crippen LogP contribution in [0.5, 0.6) is 23.0 Å². The summed E-state index contributed by atoms with van der Waals surface area (Å²) in [7, 11) is 1.46. The van der Waals surface area contributed by atoms with E-state index in [4.69, 9.17) is 18.6 Å². The predicted octanol–water partition coefficient (Wildman–Crippen LogP) is 4.05. The lowest BCUT2D eigenvalue weighted by Crippen LogP contribution is -2.21. The summed E-state index contributed by atoms with van der Waals surface area (Å²) in [5.41, 5.74) is 1.65. The van der Waals surface area contributed by atoms with Gasteiger partial charge in [0.1, 0.15) is 17.3 Å². The predicted molar refractivity (Wildman–Crippen MR) is 105 cm³/mol. The lowest BCUT2D eigenvalue weighted by atomic mass is 9.84. The molecule has 2 aromatic carbocycles. The molecule has 1 aromatic heterocycles. The number of hydrogen-bond donors (Lipinski definition) is 1. The fourth-order valence-corrected chi connectivity index (χ4v) is 3.82. The molecule has 0 spiro atoms. The maximum atomic E-state index is 12.9. The van der Waals surface area contributed by atoms with Crippen molar-refractivity contribution in [1.82, 2.24) is 0 Å². The molecule has 2 aliphatic heterocycles. The fraction of sp³-hybridized carbons (Fsp3) is 0.130. The molecule has 2 aliphatic rings. The summed E-state index contributed by atoms with van der Waals surface area (Å²) in [4.78, 5) is 25.1. The standard InChI is InChI=1S/C23H16O7/c1-27-17-6-4-12(9-16(17)24)15-11-20(25)29-18-7-5-14-22(26)19(30-23(14)21(15)18)10-13-3-2-8-28-13/h2-10,15,24H,11H2,1H3/b19-10-/t15-/m0/s1. The lowest BCUT2D eigenvalue weighted by molar-refractivity contribution is -0.135. The molecule has 30 heavy (non-hydrogen) atoms. The first-order chi connectivity index (χ1) is 14.5. The van der Waals surface area contributed by atoms with Crippen molar-refractivity contribution in [3.8, 4) is 23.0 Å². The van der Waals surface area contributed by atoms with E-state index < -0.39 is 11.9 Å². The molecule has 1 atom stereocenters. The van der Waals surface area contributed by atoms with Crippen LogP contribution in [0.15, 0.2) is 58.9 Å². The van der Waals surface area contributed by atoms with E-state index in [0.717, 1.165) is 0 Å². The number of methoxy groups -OCH3 is 1. The van der Waals surface area contributed by atoms with Crippen molar-refractivity contribution in [3.05, 3.63) is 76.9 Å². The zero-order chi connectivity index (χ0) is 20.8. The fourth-order valence-electron chi connectivity index (χ4n) is 3.82. The third kappa shape index (κ3) is 2.83. The van der Waals surface area contributed by atoms with Gasteiger partial charge in [0, 0.05) is 17.6 Å². The van der Waals surface area contributed by atoms with Gasteiger partial charge in [-0.05, 0) is 42.0 Å². The molecule has 0 bridgehead atoms. The number of allylic oxidation sites excluding steroid dienone is 1. The number of carbonyl (C=O) groups excluding carboxylic acids is 2. The quantitative estimate of drug-likeness (QED) is 0.400. The molecule has 0 radical (unpaired) electrons. The first-order valence-electron chi connectivity index (χ1n) is 9.27. The van der Waals surface area contributed by atoms with E-state index in [9.17, 15) is 14.7 Å². The second kappa shape index (κ2) is 6.81. The average Bonchev–Trinajstić information content (AvgIpc) is 3.35. The number of aromatic hydroxyl groups is 1. The van der Waals surface area contributed by atoms with Crippen LogP contribution in [0.4, 0.5) is 0 Å². The molecular weight excluding hydrogens is 388 g/mol. The number of phenolic OH excluding ortho intramolecular Hbond substituents is 1. The van der Waals surface area contributed by atoms with Crippen LogP contribution >= 0.6 is 0 Å². The Kier molecular flexibility index (Phi) is 4.10. The van der Waals surface area contributed by atoms with E-state index in [0.29, 0.717) is 39.7 Å². The molecule has 3 aromatic rings. The van der Waals surface area contributed by atoms with Gasteiger partial charge in [0.25, 0.3) is 0 Å². The van der Waals surface area contributed by atoms with Crippen molar-refractivity contribution < 1.29 is 33.3 Å². The molecule has 7 heteroatoms. The maximum Gasteiger partial charge on any atom is 0.312 e. The normalized spacial score (nSPS) is 18.6. The van der Waals surface area contributed by atoms with Gasteiger partial charge in [-0.1, -0.05) is 6.07 Å². The number of carbonyl (C=O) groups is 2. The van der Waals surface area contributed by atoms with E-state index >= 15 is 0 Å². The smallest absolute Gasteiger partial charge is 0.312 e. The van der Waals surface area contributed by atoms with Crippen LogP contribution in [-0.4, -0.2) is 24.0 Å². The summed E-state index contributed by atoms with van der Waals surface area (Å²) in [5, 5.41) is 10.2. The van der Waals surface area contributed by atoms with Crippen molar-refractivity contribution >= 4 is 17.8 Å². The van der Waals surface area contributed by atoms with Crippen LogP contribution in [0, 0.1) is 0 Å². The third-order valence-electron chi connectivity index (χ3n) is 5.20. The van der Waals surface area contributed by atoms with Gasteiger partial charge in [0.2, 0.25) is 5.78 Å². The minimum atomic E-state index is -0.455. The Morgan fingerprint density at radius 1 is 1.13 bits per heavy atom. The van der Waals surface area contributed by atoms with Crippen LogP contribution in [0.25, 0.3) is 6.08 Å². The van der Waals surface area contributed by atoms with Gasteiger partial charge < -0.3 is 23.7 Å². The topological polar surface area (TPSA) is 95.2 Å². The minimum Gasteiger partial charge on any atom is -0.504 e. The second-order valence-electron chi connectivity index (χ2n) is 6.97. The molecule has 3 heterocycles. The van der Waals surface area contributed by atoms with Gasteiger partial charge in [0.15, 0.2) is 17.3 Å². The number of ketones is 1. The molecule has 1 N–H and O–H groups in total. The Bertz CT molecular complexity index is 1200. The van der Waals surface area contributed by atoms with Gasteiger partial charge in [-0.2, -0.15) is 0 Å². The number of hydrogen-bond acceptors (Lipinski definition) is 7. The van der Waals surface area contributed by atoms with Gasteiger partial charge >= 0.3 is 5.97 Å². The first-order valence-corrected chi connectivity index (χ1v) is 9.27. The monoisotopic (exact) mass is 404 g/mol. The largest absolute Gasteiger partial charge is 0.504 e. The van der Waals surface area contributed by atoms with Gasteiger partial charge in [0.05, 0.1) is 25.4 Å². The number of rotatable bonds is 3. The molecule has 7 nitrogen and oxygen atoms in total. The zero-order valence-corrected chi connectivity index (χ0v) is 15.9. The highest BCUT2D eigenvalue weighted by molar-refractivity contribution is 6.15. The Morgan fingerprint density at radius 3 is 2.73 bits per heavy atom. The van der Waals surface area contributed by atoms with Crippen molar-refractivity contribution in [2.24, 2.45) is 0 Å². The molecule has 0 aliphatic carbocycles. The summed E-state index contributed by atoms with van der Waals surface area (Å²) >= 11 is 0. The number of furan rings is 1. The Balaban J connectivity index is 1.63. The zero-order valence-electron chi connectivity index (χ0n) is 15.9. The van der Waals surface area contributed by atoms with E-state index in [2.05, 4.69) is 0 Å². The van der Waals surface area contributed by atoms with Gasteiger partial charge in [-0.25, -0.2) is 0 Å². The van der Waals surface area contributed by atoms with E-state index in [-0.39, 0.29) is 23.7 Å². The van der Waals surface area contributed by atoms with E-state index in [1.54, 1.807) is 42.5 Å². The minimum absolute atomic E-state index is 0.0431. The summed E-state index contributed by atoms with van der Waals surface area (Å²) in [6.45, 7) is 0. The van der Waals surface area contributed by atoms with E-state index in [1.807, 2.05) is 0 Å². The van der Waals surface area contributed by atoms with Crippen LogP contribution in [-0.2, 0) is 4.79 Å². The summed E-state index contributed by atoms with van der Waals surface area (Å²) in [5.74, 6) is 0.439. The third-order valence-corrected chi connectivity index (χ3v) is 5.20. The van der Waals surface area contributed by atoms with Crippen LogP contribution in [0.1, 0.15) is 39.6 Å². The van der Waals surface area contributed by atoms with Crippen molar-refractivity contribution in [3.63, 3.8) is 0 Å². The van der Waals surface area contributed by atoms with E-state index in [1.165, 1.54) is 19.4 Å². The molecule has 0 fully saturated rings. The average molecular weight is 404 g/mol. The SMILES string of the molecule is COc1ccc([C@@H]2CC(=O)Oc3ccc4c(c32)O/C(=C\c2ccco2)C4=O)cc1O. The Hall–Kier alpha value is -4.00. The molecule has 5 rings (SSSR count). The maximum absolute atomic E-state index is 12.9. The van der Waals surface area contributed by atoms with Crippen molar-refractivity contribution in [2.75, 3.05) is 7.11 Å². The second-order valence-corrected chi connectivity index (χ2v) is 6.97. The summed E-state index contributed by atoms with van der Waals surface area (Å²) in [6, 6.07) is 11.5. The number of esters is 1. The van der Waals surface area contributed by atoms with Crippen LogP contribution < -0.4 is 14.2 Å². The first kappa shape index (κ1) is 18.1. The van der Waals surface area contributed by atoms with Crippen molar-refractivity contribution in [1.29, 1.82) is 0 Å². The number of benzene rings is 2. The molecule has 0 saturated carbocycles. The number of fused-ring (bicyclic) bond motifs is 3. The summed E-state index contributed by atoms with van der Waals surface area (Å²) in [6.07, 6.45) is 3.08. The highest BCUT2D eigenvalue weighted by Gasteiger charge is 2.38. The highest BCUT2D eigenvalue weighted by Crippen LogP contribution is 2.49. The highest BCUT2D eigenvalue weighted by atomic mass is 16.5.